The van der Waals surface area contributed by atoms with Crippen LogP contribution in [0.5, 0.6) is 0 Å². The summed E-state index contributed by atoms with van der Waals surface area (Å²) in [5.41, 5.74) is 3.43. The Morgan fingerprint density at radius 2 is 1.62 bits per heavy atom. The van der Waals surface area contributed by atoms with Crippen LogP contribution in [0.25, 0.3) is 0 Å². The normalized spacial score (nSPS) is 11.0. The highest BCUT2D eigenvalue weighted by atomic mass is 19.4. The molecule has 2 aromatic carbocycles. The van der Waals surface area contributed by atoms with Crippen LogP contribution in [-0.2, 0) is 17.4 Å². The molecule has 2 rings (SSSR count). The lowest BCUT2D eigenvalue weighted by Crippen LogP contribution is -2.42. The summed E-state index contributed by atoms with van der Waals surface area (Å²) in [5, 5.41) is 0. The molecular weight excluding hydrogens is 328 g/mol. The highest BCUT2D eigenvalue weighted by Crippen LogP contribution is 2.29. The maximum atomic E-state index is 12.7. The lowest BCUT2D eigenvalue weighted by Gasteiger charge is -2.10. The van der Waals surface area contributed by atoms with Crippen LogP contribution in [0.4, 0.5) is 17.6 Å². The van der Waals surface area contributed by atoms with E-state index >= 15 is 0 Å². The molecule has 0 atom stereocenters. The zero-order chi connectivity index (χ0) is 17.7. The van der Waals surface area contributed by atoms with Crippen molar-refractivity contribution in [2.24, 2.45) is 0 Å². The van der Waals surface area contributed by atoms with Gasteiger partial charge in [0.15, 0.2) is 0 Å². The van der Waals surface area contributed by atoms with Gasteiger partial charge in [0.2, 0.25) is 5.91 Å². The third kappa shape index (κ3) is 4.80. The number of carbonyl (C=O) groups is 2. The van der Waals surface area contributed by atoms with E-state index in [1.54, 1.807) is 0 Å². The predicted octanol–water partition coefficient (Wildman–Crippen LogP) is 2.85. The van der Waals surface area contributed by atoms with Gasteiger partial charge in [0, 0.05) is 5.56 Å². The Morgan fingerprint density at radius 3 is 2.25 bits per heavy atom. The van der Waals surface area contributed by atoms with Crippen LogP contribution in [-0.4, -0.2) is 11.8 Å². The summed E-state index contributed by atoms with van der Waals surface area (Å²) >= 11 is 0. The molecule has 2 N–H and O–H groups in total. The number of hydrogen-bond donors (Lipinski definition) is 2. The van der Waals surface area contributed by atoms with Crippen molar-refractivity contribution >= 4 is 11.8 Å². The maximum Gasteiger partial charge on any atom is 0.416 e. The minimum absolute atomic E-state index is 0.122. The summed E-state index contributed by atoms with van der Waals surface area (Å²) < 4.78 is 50.5. The van der Waals surface area contributed by atoms with E-state index in [0.717, 1.165) is 12.1 Å². The topological polar surface area (TPSA) is 58.2 Å². The number of nitrogens with one attached hydrogen (secondary N) is 2. The van der Waals surface area contributed by atoms with Crippen LogP contribution < -0.4 is 10.9 Å². The molecule has 0 fully saturated rings. The van der Waals surface area contributed by atoms with E-state index in [4.69, 9.17) is 0 Å². The number of hydrazine groups is 1. The number of alkyl halides is 3. The molecule has 2 aromatic rings. The van der Waals surface area contributed by atoms with Gasteiger partial charge in [-0.25, -0.2) is 4.39 Å². The van der Waals surface area contributed by atoms with Gasteiger partial charge in [-0.15, -0.1) is 0 Å². The summed E-state index contributed by atoms with van der Waals surface area (Å²) in [6.45, 7) is 0. The second kappa shape index (κ2) is 7.12. The number of rotatable bonds is 3. The molecule has 0 saturated carbocycles. The fourth-order valence-corrected chi connectivity index (χ4v) is 1.87. The van der Waals surface area contributed by atoms with Gasteiger partial charge in [-0.1, -0.05) is 18.2 Å². The van der Waals surface area contributed by atoms with Crippen molar-refractivity contribution in [1.29, 1.82) is 0 Å². The third-order valence-electron chi connectivity index (χ3n) is 3.05. The third-order valence-corrected chi connectivity index (χ3v) is 3.05. The second-order valence-electron chi connectivity index (χ2n) is 4.88. The minimum Gasteiger partial charge on any atom is -0.273 e. The smallest absolute Gasteiger partial charge is 0.273 e. The summed E-state index contributed by atoms with van der Waals surface area (Å²) in [7, 11) is 0. The van der Waals surface area contributed by atoms with Gasteiger partial charge in [-0.3, -0.25) is 20.4 Å². The van der Waals surface area contributed by atoms with Crippen LogP contribution in [0, 0.1) is 5.82 Å². The van der Waals surface area contributed by atoms with E-state index in [9.17, 15) is 27.2 Å². The molecule has 0 heterocycles. The number of halogens is 4. The van der Waals surface area contributed by atoms with E-state index < -0.39 is 29.4 Å². The molecule has 0 saturated heterocycles. The molecule has 0 bridgehead atoms. The maximum absolute atomic E-state index is 12.7. The zero-order valence-corrected chi connectivity index (χ0v) is 12.2. The molecule has 0 unspecified atom stereocenters. The monoisotopic (exact) mass is 340 g/mol. The molecule has 24 heavy (non-hydrogen) atoms. The molecular formula is C16H12F4N2O2. The van der Waals surface area contributed by atoms with Gasteiger partial charge in [0.25, 0.3) is 5.91 Å². The molecule has 2 amide bonds. The van der Waals surface area contributed by atoms with E-state index in [2.05, 4.69) is 5.43 Å². The highest BCUT2D eigenvalue weighted by Gasteiger charge is 2.30. The molecule has 0 aromatic heterocycles. The Kier molecular flexibility index (Phi) is 5.18. The molecule has 0 aliphatic heterocycles. The molecule has 8 heteroatoms. The lowest BCUT2D eigenvalue weighted by atomic mass is 10.1. The summed E-state index contributed by atoms with van der Waals surface area (Å²) in [6, 6.07) is 8.99. The summed E-state index contributed by atoms with van der Waals surface area (Å²) in [4.78, 5) is 23.4. The molecule has 0 aliphatic carbocycles. The van der Waals surface area contributed by atoms with Crippen molar-refractivity contribution in [3.05, 3.63) is 71.0 Å². The predicted molar refractivity (Wildman–Crippen MR) is 77.2 cm³/mol. The van der Waals surface area contributed by atoms with Crippen molar-refractivity contribution in [2.45, 2.75) is 12.6 Å². The van der Waals surface area contributed by atoms with Gasteiger partial charge in [-0.2, -0.15) is 13.2 Å². The largest absolute Gasteiger partial charge is 0.416 e. The van der Waals surface area contributed by atoms with Gasteiger partial charge >= 0.3 is 6.18 Å². The Balaban J connectivity index is 1.93. The second-order valence-corrected chi connectivity index (χ2v) is 4.88. The zero-order valence-electron chi connectivity index (χ0n) is 12.2. The molecule has 0 spiro atoms. The van der Waals surface area contributed by atoms with Crippen LogP contribution in [0.15, 0.2) is 48.5 Å². The van der Waals surface area contributed by atoms with Crippen LogP contribution >= 0.6 is 0 Å². The lowest BCUT2D eigenvalue weighted by molar-refractivity contribution is -0.137. The molecule has 0 aliphatic rings. The van der Waals surface area contributed by atoms with Crippen LogP contribution in [0.3, 0.4) is 0 Å². The fraction of sp³-hybridized carbons (Fsp3) is 0.125. The van der Waals surface area contributed by atoms with E-state index in [1.807, 2.05) is 5.43 Å². The first-order chi connectivity index (χ1) is 11.3. The Hall–Kier alpha value is -2.90. The number of benzene rings is 2. The Labute approximate surface area is 134 Å². The molecule has 126 valence electrons. The minimum atomic E-state index is -4.57. The Bertz CT molecular complexity index is 742. The van der Waals surface area contributed by atoms with E-state index in [0.29, 0.717) is 11.6 Å². The van der Waals surface area contributed by atoms with Crippen LogP contribution in [0.2, 0.25) is 0 Å². The van der Waals surface area contributed by atoms with Crippen molar-refractivity contribution in [1.82, 2.24) is 10.9 Å². The van der Waals surface area contributed by atoms with Crippen LogP contribution in [0.1, 0.15) is 21.5 Å². The number of carbonyl (C=O) groups excluding carboxylic acids is 2. The molecule has 0 radical (unpaired) electrons. The van der Waals surface area contributed by atoms with Gasteiger partial charge in [0.05, 0.1) is 12.0 Å². The first-order valence-electron chi connectivity index (χ1n) is 6.76. The first-order valence-corrected chi connectivity index (χ1v) is 6.76. The van der Waals surface area contributed by atoms with Crippen molar-refractivity contribution in [2.75, 3.05) is 0 Å². The summed E-state index contributed by atoms with van der Waals surface area (Å²) in [6.07, 6.45) is -4.69. The van der Waals surface area contributed by atoms with Crippen molar-refractivity contribution in [3.8, 4) is 0 Å². The average Bonchev–Trinajstić information content (AvgIpc) is 2.54. The standard InChI is InChI=1S/C16H12F4N2O2/c17-13-6-4-10(5-7-13)8-14(23)21-22-15(24)11-2-1-3-12(9-11)16(18,19)20/h1-7,9H,8H2,(H,21,23)(H,22,24). The number of hydrogen-bond acceptors (Lipinski definition) is 2. The van der Waals surface area contributed by atoms with E-state index in [-0.39, 0.29) is 12.0 Å². The first kappa shape index (κ1) is 17.5. The Morgan fingerprint density at radius 1 is 0.958 bits per heavy atom. The highest BCUT2D eigenvalue weighted by molar-refractivity contribution is 5.95. The number of amides is 2. The molecule has 4 nitrogen and oxygen atoms in total. The fourth-order valence-electron chi connectivity index (χ4n) is 1.87. The average molecular weight is 340 g/mol. The van der Waals surface area contributed by atoms with E-state index in [1.165, 1.54) is 30.3 Å². The van der Waals surface area contributed by atoms with Crippen molar-refractivity contribution in [3.63, 3.8) is 0 Å². The van der Waals surface area contributed by atoms with Gasteiger partial charge in [-0.05, 0) is 35.9 Å². The summed E-state index contributed by atoms with van der Waals surface area (Å²) in [5.74, 6) is -1.92. The quantitative estimate of drug-likeness (QED) is 0.667. The van der Waals surface area contributed by atoms with Gasteiger partial charge < -0.3 is 0 Å². The van der Waals surface area contributed by atoms with Crippen molar-refractivity contribution < 1.29 is 27.2 Å². The van der Waals surface area contributed by atoms with Gasteiger partial charge in [0.1, 0.15) is 5.82 Å². The SMILES string of the molecule is O=C(Cc1ccc(F)cc1)NNC(=O)c1cccc(C(F)(F)F)c1.